The molecule has 5 aromatic carbocycles. The Labute approximate surface area is 236 Å². The fourth-order valence-corrected chi connectivity index (χ4v) is 7.50. The molecule has 5 aromatic rings. The molecule has 0 aliphatic carbocycles. The summed E-state index contributed by atoms with van der Waals surface area (Å²) >= 11 is 1.77. The molecule has 0 spiro atoms. The van der Waals surface area contributed by atoms with Crippen LogP contribution in [0.15, 0.2) is 125 Å². The summed E-state index contributed by atoms with van der Waals surface area (Å²) in [5.74, 6) is -0.542. The minimum atomic E-state index is -0.856. The lowest BCUT2D eigenvalue weighted by atomic mass is 9.71. The highest BCUT2D eigenvalue weighted by atomic mass is 32.2. The molecular weight excluding hydrogens is 514 g/mol. The van der Waals surface area contributed by atoms with Gasteiger partial charge in [0.2, 0.25) is 0 Å². The number of fused-ring (bicyclic) bond motifs is 5. The van der Waals surface area contributed by atoms with Crippen molar-refractivity contribution in [2.75, 3.05) is 17.3 Å². The van der Waals surface area contributed by atoms with E-state index in [2.05, 4.69) is 95.1 Å². The average molecular weight is 538 g/mol. The molecule has 0 fully saturated rings. The Kier molecular flexibility index (Phi) is 4.82. The van der Waals surface area contributed by atoms with Crippen LogP contribution in [0.1, 0.15) is 37.4 Å². The zero-order valence-electron chi connectivity index (χ0n) is 21.6. The van der Waals surface area contributed by atoms with Gasteiger partial charge in [-0.2, -0.15) is 0 Å². The highest BCUT2D eigenvalue weighted by Gasteiger charge is 2.51. The number of anilines is 4. The predicted molar refractivity (Wildman–Crippen MR) is 158 cm³/mol. The summed E-state index contributed by atoms with van der Waals surface area (Å²) in [5.41, 5.74) is 7.22. The number of benzene rings is 5. The maximum absolute atomic E-state index is 13.3. The largest absolute Gasteiger partial charge is 0.355 e. The molecule has 0 radical (unpaired) electrons. The number of nitrogens with zero attached hydrogens (tertiary/aromatic N) is 2. The van der Waals surface area contributed by atoms with E-state index in [-0.39, 0.29) is 11.8 Å². The first-order valence-electron chi connectivity index (χ1n) is 13.2. The van der Waals surface area contributed by atoms with E-state index in [0.717, 1.165) is 49.2 Å². The van der Waals surface area contributed by atoms with Gasteiger partial charge in [-0.1, -0.05) is 78.5 Å². The molecule has 6 heteroatoms. The average Bonchev–Trinajstić information content (AvgIpc) is 3.22. The van der Waals surface area contributed by atoms with Crippen LogP contribution in [0, 0.1) is 0 Å². The Bertz CT molecular complexity index is 1810. The molecule has 0 atom stereocenters. The van der Waals surface area contributed by atoms with Crippen molar-refractivity contribution in [3.05, 3.63) is 143 Å². The Hall–Kier alpha value is -4.81. The maximum Gasteiger partial charge on any atom is 0.261 e. The van der Waals surface area contributed by atoms with E-state index < -0.39 is 5.54 Å². The van der Waals surface area contributed by atoms with E-state index in [1.807, 2.05) is 30.3 Å². The summed E-state index contributed by atoms with van der Waals surface area (Å²) in [7, 11) is 1.55. The molecule has 8 rings (SSSR count). The van der Waals surface area contributed by atoms with Gasteiger partial charge in [-0.3, -0.25) is 14.5 Å². The minimum absolute atomic E-state index is 0.267. The Morgan fingerprint density at radius 2 is 1.15 bits per heavy atom. The summed E-state index contributed by atoms with van der Waals surface area (Å²) in [6, 6.07) is 39.5. The molecule has 0 saturated carbocycles. The topological polar surface area (TPSA) is 52.7 Å². The lowest BCUT2D eigenvalue weighted by molar-refractivity contribution is 0.0693. The monoisotopic (exact) mass is 537 g/mol. The number of para-hydroxylation sites is 4. The number of hydrogen-bond donors (Lipinski definition) is 1. The third-order valence-electron chi connectivity index (χ3n) is 8.18. The van der Waals surface area contributed by atoms with Gasteiger partial charge in [0.15, 0.2) is 0 Å². The van der Waals surface area contributed by atoms with Crippen LogP contribution in [0.5, 0.6) is 0 Å². The van der Waals surface area contributed by atoms with E-state index in [1.54, 1.807) is 18.8 Å². The second kappa shape index (κ2) is 8.34. The molecule has 2 amide bonds. The van der Waals surface area contributed by atoms with Gasteiger partial charge < -0.3 is 10.2 Å². The molecule has 40 heavy (non-hydrogen) atoms. The van der Waals surface area contributed by atoms with Crippen molar-refractivity contribution in [3.63, 3.8) is 0 Å². The van der Waals surface area contributed by atoms with Crippen LogP contribution in [0.2, 0.25) is 0 Å². The van der Waals surface area contributed by atoms with Crippen LogP contribution in [0.4, 0.5) is 22.7 Å². The quantitative estimate of drug-likeness (QED) is 0.236. The molecule has 3 aliphatic heterocycles. The highest BCUT2D eigenvalue weighted by molar-refractivity contribution is 7.99. The van der Waals surface area contributed by atoms with Gasteiger partial charge in [0.1, 0.15) is 5.54 Å². The van der Waals surface area contributed by atoms with Crippen molar-refractivity contribution in [2.45, 2.75) is 15.3 Å². The van der Waals surface area contributed by atoms with Crippen LogP contribution >= 0.6 is 11.8 Å². The molecule has 3 heterocycles. The Morgan fingerprint density at radius 1 is 0.625 bits per heavy atom. The smallest absolute Gasteiger partial charge is 0.261 e. The summed E-state index contributed by atoms with van der Waals surface area (Å²) in [5, 5.41) is 3.67. The normalized spacial score (nSPS) is 15.9. The van der Waals surface area contributed by atoms with Gasteiger partial charge in [-0.05, 0) is 54.1 Å². The van der Waals surface area contributed by atoms with Crippen LogP contribution in [0.25, 0.3) is 0 Å². The molecule has 1 N–H and O–H groups in total. The van der Waals surface area contributed by atoms with E-state index in [1.165, 1.54) is 4.90 Å². The van der Waals surface area contributed by atoms with Crippen molar-refractivity contribution in [2.24, 2.45) is 0 Å². The first-order chi connectivity index (χ1) is 19.6. The summed E-state index contributed by atoms with van der Waals surface area (Å²) < 4.78 is 0. The zero-order chi connectivity index (χ0) is 27.0. The molecule has 5 nitrogen and oxygen atoms in total. The summed E-state index contributed by atoms with van der Waals surface area (Å²) in [4.78, 5) is 32.1. The third-order valence-corrected chi connectivity index (χ3v) is 9.31. The molecule has 0 aromatic heterocycles. The van der Waals surface area contributed by atoms with Crippen LogP contribution in [-0.4, -0.2) is 23.8 Å². The van der Waals surface area contributed by atoms with Crippen molar-refractivity contribution in [1.82, 2.24) is 4.90 Å². The first kappa shape index (κ1) is 23.1. The molecule has 0 saturated heterocycles. The lowest BCUT2D eigenvalue weighted by Crippen LogP contribution is -2.49. The van der Waals surface area contributed by atoms with Gasteiger partial charge in [-0.25, -0.2) is 0 Å². The summed E-state index contributed by atoms with van der Waals surface area (Å²) in [6.45, 7) is 0. The van der Waals surface area contributed by atoms with E-state index in [0.29, 0.717) is 11.1 Å². The molecule has 0 bridgehead atoms. The van der Waals surface area contributed by atoms with Crippen molar-refractivity contribution in [1.29, 1.82) is 0 Å². The number of amides is 2. The van der Waals surface area contributed by atoms with E-state index in [4.69, 9.17) is 0 Å². The number of nitrogens with one attached hydrogen (secondary N) is 1. The maximum atomic E-state index is 13.3. The standard InChI is InChI=1S/C34H23N3O2S/c1-36-32(38)22-19-18-21(20-23(22)33(36)39)34(24-10-2-4-12-26(24)35-27-13-5-3-11-25(27)34)37-28-14-6-8-16-30(28)40-31-17-9-7-15-29(31)37/h2-20,35H,1H3. The Morgan fingerprint density at radius 3 is 1.77 bits per heavy atom. The second-order valence-corrected chi connectivity index (χ2v) is 11.3. The minimum Gasteiger partial charge on any atom is -0.355 e. The summed E-state index contributed by atoms with van der Waals surface area (Å²) in [6.07, 6.45) is 0. The third kappa shape index (κ3) is 2.94. The SMILES string of the molecule is CN1C(=O)c2ccc(C3(N4c5ccccc5Sc5ccccc54)c4ccccc4Nc4ccccc43)cc2C1=O. The van der Waals surface area contributed by atoms with E-state index >= 15 is 0 Å². The number of hydrogen-bond acceptors (Lipinski definition) is 5. The fraction of sp³-hybridized carbons (Fsp3) is 0.0588. The first-order valence-corrected chi connectivity index (χ1v) is 14.0. The predicted octanol–water partition coefficient (Wildman–Crippen LogP) is 7.56. The second-order valence-electron chi connectivity index (χ2n) is 10.2. The van der Waals surface area contributed by atoms with Crippen molar-refractivity contribution < 1.29 is 9.59 Å². The number of rotatable bonds is 2. The van der Waals surface area contributed by atoms with E-state index in [9.17, 15) is 9.59 Å². The number of carbonyl (C=O) groups excluding carboxylic acids is 2. The van der Waals surface area contributed by atoms with Crippen molar-refractivity contribution >= 4 is 46.3 Å². The number of imide groups is 1. The molecule has 0 unspecified atom stereocenters. The van der Waals surface area contributed by atoms with Gasteiger partial charge in [0, 0.05) is 39.3 Å². The highest BCUT2D eigenvalue weighted by Crippen LogP contribution is 2.60. The van der Waals surface area contributed by atoms with Gasteiger partial charge in [0.25, 0.3) is 11.8 Å². The fourth-order valence-electron chi connectivity index (χ4n) is 6.44. The zero-order valence-corrected chi connectivity index (χ0v) is 22.4. The Balaban J connectivity index is 1.55. The van der Waals surface area contributed by atoms with Gasteiger partial charge in [-0.15, -0.1) is 0 Å². The molecular formula is C34H23N3O2S. The van der Waals surface area contributed by atoms with Gasteiger partial charge >= 0.3 is 0 Å². The molecule has 192 valence electrons. The van der Waals surface area contributed by atoms with Crippen LogP contribution in [-0.2, 0) is 5.54 Å². The van der Waals surface area contributed by atoms with Crippen LogP contribution < -0.4 is 10.2 Å². The number of carbonyl (C=O) groups is 2. The lowest BCUT2D eigenvalue weighted by Gasteiger charge is -2.52. The van der Waals surface area contributed by atoms with Gasteiger partial charge in [0.05, 0.1) is 22.5 Å². The molecule has 3 aliphatic rings. The van der Waals surface area contributed by atoms with Crippen molar-refractivity contribution in [3.8, 4) is 0 Å². The van der Waals surface area contributed by atoms with Crippen LogP contribution in [0.3, 0.4) is 0 Å².